The number of rotatable bonds is 5. The van der Waals surface area contributed by atoms with Gasteiger partial charge in [0.2, 0.25) is 0 Å². The minimum atomic E-state index is -2.47. The fourth-order valence-electron chi connectivity index (χ4n) is 5.92. The van der Waals surface area contributed by atoms with Crippen LogP contribution in [-0.2, 0) is 17.3 Å². The minimum Gasteiger partial charge on any atom is -0.403 e. The van der Waals surface area contributed by atoms with Crippen LogP contribution in [-0.4, -0.2) is 38.5 Å². The monoisotopic (exact) mass is 441 g/mol. The molecule has 1 saturated heterocycles. The third-order valence-electron chi connectivity index (χ3n) is 7.48. The second kappa shape index (κ2) is 8.62. The number of hydrogen-bond donors (Lipinski definition) is 0. The maximum Gasteiger partial charge on any atom is 0.261 e. The summed E-state index contributed by atoms with van der Waals surface area (Å²) < 4.78 is 7.40. The van der Waals surface area contributed by atoms with E-state index in [9.17, 15) is 0 Å². The van der Waals surface area contributed by atoms with Gasteiger partial charge in [-0.3, -0.25) is 4.90 Å². The average molecular weight is 442 g/mol. The molecule has 166 valence electrons. The molecule has 2 aliphatic rings. The Morgan fingerprint density at radius 2 is 1.25 bits per heavy atom. The number of benzene rings is 3. The van der Waals surface area contributed by atoms with Gasteiger partial charge in [0.1, 0.15) is 0 Å². The van der Waals surface area contributed by atoms with Gasteiger partial charge in [0.15, 0.2) is 0 Å². The van der Waals surface area contributed by atoms with E-state index >= 15 is 0 Å². The van der Waals surface area contributed by atoms with Crippen molar-refractivity contribution in [3.8, 4) is 0 Å². The van der Waals surface area contributed by atoms with Crippen LogP contribution in [0.5, 0.6) is 0 Å². The van der Waals surface area contributed by atoms with Crippen molar-refractivity contribution in [2.75, 3.05) is 13.1 Å². The van der Waals surface area contributed by atoms with Crippen LogP contribution in [0.2, 0.25) is 5.04 Å². The SMILES string of the molecule is CC(C)(C)[Si](O[C@@H]1CCN(C2Cc3ccccc3C2)C1)(c1ccccc1)c1ccccc1. The first-order valence-electron chi connectivity index (χ1n) is 12.1. The van der Waals surface area contributed by atoms with Crippen LogP contribution in [0.3, 0.4) is 0 Å². The lowest BCUT2D eigenvalue weighted by Crippen LogP contribution is -2.67. The Labute approximate surface area is 194 Å². The number of likely N-dealkylation sites (tertiary alicyclic amines) is 1. The van der Waals surface area contributed by atoms with Crippen molar-refractivity contribution in [3.63, 3.8) is 0 Å². The maximum atomic E-state index is 7.40. The molecule has 0 amide bonds. The summed E-state index contributed by atoms with van der Waals surface area (Å²) in [7, 11) is -2.47. The van der Waals surface area contributed by atoms with E-state index in [1.54, 1.807) is 0 Å². The number of fused-ring (bicyclic) bond motifs is 1. The molecule has 2 nitrogen and oxygen atoms in total. The summed E-state index contributed by atoms with van der Waals surface area (Å²) in [6.07, 6.45) is 3.77. The zero-order valence-electron chi connectivity index (χ0n) is 19.6. The Hall–Kier alpha value is -2.20. The summed E-state index contributed by atoms with van der Waals surface area (Å²) >= 11 is 0. The second-order valence-electron chi connectivity index (χ2n) is 10.5. The van der Waals surface area contributed by atoms with E-state index in [0.717, 1.165) is 19.5 Å². The van der Waals surface area contributed by atoms with Crippen molar-refractivity contribution in [1.82, 2.24) is 4.90 Å². The first kappa shape index (κ1) is 21.6. The molecule has 0 saturated carbocycles. The zero-order valence-corrected chi connectivity index (χ0v) is 20.6. The van der Waals surface area contributed by atoms with E-state index in [4.69, 9.17) is 4.43 Å². The molecule has 0 spiro atoms. The van der Waals surface area contributed by atoms with Crippen LogP contribution in [0, 0.1) is 0 Å². The van der Waals surface area contributed by atoms with Gasteiger partial charge in [-0.25, -0.2) is 0 Å². The Bertz CT molecular complexity index is 979. The predicted octanol–water partition coefficient (Wildman–Crippen LogP) is 4.80. The molecule has 0 unspecified atom stereocenters. The molecule has 1 fully saturated rings. The Morgan fingerprint density at radius 3 is 1.75 bits per heavy atom. The molecule has 5 rings (SSSR count). The van der Waals surface area contributed by atoms with Crippen LogP contribution in [0.1, 0.15) is 38.3 Å². The lowest BCUT2D eigenvalue weighted by Gasteiger charge is -2.44. The van der Waals surface area contributed by atoms with Crippen molar-refractivity contribution >= 4 is 18.7 Å². The third-order valence-corrected chi connectivity index (χ3v) is 12.6. The van der Waals surface area contributed by atoms with Gasteiger partial charge in [-0.2, -0.15) is 0 Å². The predicted molar refractivity (Wildman–Crippen MR) is 136 cm³/mol. The van der Waals surface area contributed by atoms with E-state index in [-0.39, 0.29) is 11.1 Å². The minimum absolute atomic E-state index is 0.0344. The highest BCUT2D eigenvalue weighted by Gasteiger charge is 2.52. The van der Waals surface area contributed by atoms with Gasteiger partial charge in [-0.05, 0) is 45.8 Å². The van der Waals surface area contributed by atoms with E-state index in [1.807, 2.05) is 0 Å². The van der Waals surface area contributed by atoms with Gasteiger partial charge in [0, 0.05) is 19.1 Å². The summed E-state index contributed by atoms with van der Waals surface area (Å²) in [6.45, 7) is 9.31. The van der Waals surface area contributed by atoms with E-state index in [2.05, 4.69) is 111 Å². The van der Waals surface area contributed by atoms with E-state index in [1.165, 1.54) is 34.3 Å². The molecule has 1 heterocycles. The second-order valence-corrected chi connectivity index (χ2v) is 14.8. The number of hydrogen-bond acceptors (Lipinski definition) is 2. The van der Waals surface area contributed by atoms with Crippen molar-refractivity contribution in [1.29, 1.82) is 0 Å². The van der Waals surface area contributed by atoms with Gasteiger partial charge in [-0.1, -0.05) is 106 Å². The number of nitrogens with zero attached hydrogens (tertiary/aromatic N) is 1. The Balaban J connectivity index is 1.43. The van der Waals surface area contributed by atoms with Crippen LogP contribution in [0.4, 0.5) is 0 Å². The van der Waals surface area contributed by atoms with Crippen LogP contribution in [0.15, 0.2) is 84.9 Å². The third kappa shape index (κ3) is 3.87. The van der Waals surface area contributed by atoms with Gasteiger partial charge in [0.05, 0.1) is 6.10 Å². The Morgan fingerprint density at radius 1 is 0.750 bits per heavy atom. The molecule has 0 radical (unpaired) electrons. The fraction of sp³-hybridized carbons (Fsp3) is 0.379. The van der Waals surface area contributed by atoms with Crippen molar-refractivity contribution in [2.24, 2.45) is 0 Å². The molecule has 0 N–H and O–H groups in total. The molecule has 32 heavy (non-hydrogen) atoms. The van der Waals surface area contributed by atoms with Gasteiger partial charge >= 0.3 is 0 Å². The van der Waals surface area contributed by atoms with Crippen molar-refractivity contribution in [3.05, 3.63) is 96.1 Å². The quantitative estimate of drug-likeness (QED) is 0.527. The van der Waals surface area contributed by atoms with E-state index in [0.29, 0.717) is 6.04 Å². The molecule has 3 aromatic rings. The zero-order chi connectivity index (χ0) is 22.2. The largest absolute Gasteiger partial charge is 0.403 e. The smallest absolute Gasteiger partial charge is 0.261 e. The summed E-state index contributed by atoms with van der Waals surface area (Å²) in [6, 6.07) is 31.7. The molecular weight excluding hydrogens is 406 g/mol. The first-order valence-corrected chi connectivity index (χ1v) is 14.0. The Kier molecular flexibility index (Phi) is 5.83. The molecule has 3 heteroatoms. The van der Waals surface area contributed by atoms with Crippen LogP contribution in [0.25, 0.3) is 0 Å². The molecule has 3 aromatic carbocycles. The molecule has 0 aromatic heterocycles. The van der Waals surface area contributed by atoms with Gasteiger partial charge in [0.25, 0.3) is 8.32 Å². The standard InChI is InChI=1S/C29H35NOSi/c1-29(2,3)32(27-14-6-4-7-15-27,28-16-8-5-9-17-28)31-26-18-19-30(22-26)25-20-23-12-10-11-13-24(23)21-25/h4-17,25-26H,18-22H2,1-3H3/t26-/m1/s1. The average Bonchev–Trinajstić information content (AvgIpc) is 3.44. The van der Waals surface area contributed by atoms with Gasteiger partial charge < -0.3 is 4.43 Å². The summed E-state index contributed by atoms with van der Waals surface area (Å²) in [5.74, 6) is 0. The molecule has 0 bridgehead atoms. The van der Waals surface area contributed by atoms with Gasteiger partial charge in [-0.15, -0.1) is 0 Å². The normalized spacial score (nSPS) is 19.9. The highest BCUT2D eigenvalue weighted by atomic mass is 28.4. The van der Waals surface area contributed by atoms with Crippen LogP contribution >= 0.6 is 0 Å². The lowest BCUT2D eigenvalue weighted by atomic mass is 10.1. The van der Waals surface area contributed by atoms with Crippen molar-refractivity contribution < 1.29 is 4.43 Å². The van der Waals surface area contributed by atoms with Crippen LogP contribution < -0.4 is 10.4 Å². The lowest BCUT2D eigenvalue weighted by molar-refractivity contribution is 0.170. The summed E-state index contributed by atoms with van der Waals surface area (Å²) in [5.41, 5.74) is 3.07. The summed E-state index contributed by atoms with van der Waals surface area (Å²) in [5, 5.41) is 2.79. The summed E-state index contributed by atoms with van der Waals surface area (Å²) in [4.78, 5) is 2.70. The maximum absolute atomic E-state index is 7.40. The highest BCUT2D eigenvalue weighted by Crippen LogP contribution is 2.39. The topological polar surface area (TPSA) is 12.5 Å². The molecule has 1 aliphatic heterocycles. The fourth-order valence-corrected chi connectivity index (χ4v) is 10.6. The molecular formula is C29H35NOSi. The first-order chi connectivity index (χ1) is 15.5. The molecule has 1 atom stereocenters. The van der Waals surface area contributed by atoms with E-state index < -0.39 is 8.32 Å². The highest BCUT2D eigenvalue weighted by molar-refractivity contribution is 6.99. The molecule has 1 aliphatic carbocycles. The van der Waals surface area contributed by atoms with Crippen molar-refractivity contribution in [2.45, 2.75) is 57.2 Å².